The minimum Gasteiger partial charge on any atom is -0.271 e. The molecule has 1 aromatic rings. The summed E-state index contributed by atoms with van der Waals surface area (Å²) in [4.78, 5) is 0. The lowest BCUT2D eigenvalue weighted by Crippen LogP contribution is -2.30. The number of rotatable bonds is 4. The second kappa shape index (κ2) is 5.22. The summed E-state index contributed by atoms with van der Waals surface area (Å²) in [5.41, 5.74) is 4.56. The van der Waals surface area contributed by atoms with E-state index in [0.717, 1.165) is 29.7 Å². The second-order valence-electron chi connectivity index (χ2n) is 6.40. The molecule has 4 atom stereocenters. The van der Waals surface area contributed by atoms with Crippen molar-refractivity contribution in [3.8, 4) is 0 Å². The van der Waals surface area contributed by atoms with Crippen LogP contribution in [0, 0.1) is 30.5 Å². The third-order valence-electron chi connectivity index (χ3n) is 5.22. The van der Waals surface area contributed by atoms with Crippen molar-refractivity contribution in [1.29, 1.82) is 0 Å². The molecule has 3 rings (SSSR count). The van der Waals surface area contributed by atoms with E-state index in [1.807, 2.05) is 12.1 Å². The lowest BCUT2D eigenvalue weighted by molar-refractivity contribution is 0.280. The summed E-state index contributed by atoms with van der Waals surface area (Å²) in [6.45, 7) is 1.79. The van der Waals surface area contributed by atoms with E-state index in [4.69, 9.17) is 5.84 Å². The molecule has 0 radical (unpaired) electrons. The highest BCUT2D eigenvalue weighted by molar-refractivity contribution is 5.26. The van der Waals surface area contributed by atoms with Crippen LogP contribution in [0.15, 0.2) is 18.2 Å². The molecular formula is C16H23FN2. The van der Waals surface area contributed by atoms with Crippen LogP contribution >= 0.6 is 0 Å². The highest BCUT2D eigenvalue weighted by Crippen LogP contribution is 2.50. The number of halogens is 1. The minimum absolute atomic E-state index is 0.0828. The van der Waals surface area contributed by atoms with Crippen LogP contribution in [0.2, 0.25) is 0 Å². The van der Waals surface area contributed by atoms with Crippen molar-refractivity contribution in [2.45, 2.75) is 45.1 Å². The van der Waals surface area contributed by atoms with Gasteiger partial charge in [-0.25, -0.2) is 4.39 Å². The number of benzene rings is 1. The van der Waals surface area contributed by atoms with Crippen LogP contribution in [0.3, 0.4) is 0 Å². The van der Waals surface area contributed by atoms with Crippen molar-refractivity contribution < 1.29 is 4.39 Å². The fourth-order valence-electron chi connectivity index (χ4n) is 4.09. The number of aryl methyl sites for hydroxylation is 1. The van der Waals surface area contributed by atoms with E-state index >= 15 is 0 Å². The molecule has 19 heavy (non-hydrogen) atoms. The quantitative estimate of drug-likeness (QED) is 0.644. The lowest BCUT2D eigenvalue weighted by atomic mass is 9.83. The maximum Gasteiger partial charge on any atom is 0.126 e. The Kier molecular flexibility index (Phi) is 3.59. The first-order valence-electron chi connectivity index (χ1n) is 7.39. The summed E-state index contributed by atoms with van der Waals surface area (Å²) in [7, 11) is 0. The highest BCUT2D eigenvalue weighted by atomic mass is 19.1. The van der Waals surface area contributed by atoms with Crippen molar-refractivity contribution in [3.63, 3.8) is 0 Å². The third-order valence-corrected chi connectivity index (χ3v) is 5.22. The Labute approximate surface area is 114 Å². The Morgan fingerprint density at radius 1 is 1.37 bits per heavy atom. The molecule has 0 heterocycles. The topological polar surface area (TPSA) is 38.0 Å². The van der Waals surface area contributed by atoms with Gasteiger partial charge in [-0.15, -0.1) is 0 Å². The highest BCUT2D eigenvalue weighted by Gasteiger charge is 2.40. The molecule has 0 amide bonds. The van der Waals surface area contributed by atoms with E-state index in [1.54, 1.807) is 13.0 Å². The Hall–Kier alpha value is -0.930. The summed E-state index contributed by atoms with van der Waals surface area (Å²) < 4.78 is 13.7. The Balaban J connectivity index is 1.71. The van der Waals surface area contributed by atoms with Gasteiger partial charge in [0.1, 0.15) is 5.82 Å². The predicted molar refractivity (Wildman–Crippen MR) is 74.8 cm³/mol. The third kappa shape index (κ3) is 2.54. The average Bonchev–Trinajstić information content (AvgIpc) is 3.01. The first-order chi connectivity index (χ1) is 9.17. The van der Waals surface area contributed by atoms with Gasteiger partial charge in [0.2, 0.25) is 0 Å². The molecular weight excluding hydrogens is 239 g/mol. The van der Waals surface area contributed by atoms with Crippen LogP contribution < -0.4 is 11.3 Å². The van der Waals surface area contributed by atoms with E-state index in [0.29, 0.717) is 5.56 Å². The predicted octanol–water partition coefficient (Wildman–Crippen LogP) is 3.46. The molecule has 2 saturated carbocycles. The van der Waals surface area contributed by atoms with Crippen LogP contribution in [0.5, 0.6) is 0 Å². The van der Waals surface area contributed by atoms with Gasteiger partial charge in [-0.05, 0) is 67.6 Å². The Morgan fingerprint density at radius 3 is 2.79 bits per heavy atom. The van der Waals surface area contributed by atoms with E-state index in [-0.39, 0.29) is 11.9 Å². The summed E-state index contributed by atoms with van der Waals surface area (Å²) in [5.74, 6) is 8.16. The van der Waals surface area contributed by atoms with Crippen molar-refractivity contribution in [2.24, 2.45) is 23.6 Å². The zero-order valence-electron chi connectivity index (χ0n) is 11.5. The van der Waals surface area contributed by atoms with Gasteiger partial charge in [0.15, 0.2) is 0 Å². The molecule has 4 unspecified atom stereocenters. The summed E-state index contributed by atoms with van der Waals surface area (Å²) in [6, 6.07) is 5.55. The molecule has 2 aliphatic rings. The van der Waals surface area contributed by atoms with Gasteiger partial charge in [-0.2, -0.15) is 0 Å². The zero-order valence-corrected chi connectivity index (χ0v) is 11.5. The van der Waals surface area contributed by atoms with Crippen molar-refractivity contribution in [2.75, 3.05) is 0 Å². The van der Waals surface area contributed by atoms with Crippen LogP contribution in [0.4, 0.5) is 4.39 Å². The van der Waals surface area contributed by atoms with Crippen molar-refractivity contribution in [3.05, 3.63) is 35.1 Å². The average molecular weight is 262 g/mol. The minimum atomic E-state index is -0.134. The standard InChI is InChI=1S/C16H23FN2/c1-10-2-4-13(8-15(10)17)16(19-18)9-14-7-11-3-5-12(14)6-11/h2,4,8,11-12,14,16,19H,3,5-7,9,18H2,1H3. The maximum atomic E-state index is 13.7. The fraction of sp³-hybridized carbons (Fsp3) is 0.625. The molecule has 0 aromatic heterocycles. The smallest absolute Gasteiger partial charge is 0.126 e. The van der Waals surface area contributed by atoms with Gasteiger partial charge in [-0.3, -0.25) is 11.3 Å². The van der Waals surface area contributed by atoms with Crippen molar-refractivity contribution in [1.82, 2.24) is 5.43 Å². The first kappa shape index (κ1) is 13.1. The van der Waals surface area contributed by atoms with E-state index in [2.05, 4.69) is 5.43 Å². The first-order valence-corrected chi connectivity index (χ1v) is 7.39. The van der Waals surface area contributed by atoms with E-state index < -0.39 is 0 Å². The number of fused-ring (bicyclic) bond motifs is 2. The van der Waals surface area contributed by atoms with Crippen LogP contribution in [0.25, 0.3) is 0 Å². The zero-order chi connectivity index (χ0) is 13.4. The number of hydrogen-bond acceptors (Lipinski definition) is 2. The van der Waals surface area contributed by atoms with Crippen LogP contribution in [0.1, 0.15) is 49.3 Å². The molecule has 0 aliphatic heterocycles. The van der Waals surface area contributed by atoms with Gasteiger partial charge in [0.05, 0.1) is 0 Å². The van der Waals surface area contributed by atoms with Gasteiger partial charge in [0, 0.05) is 6.04 Å². The summed E-state index contributed by atoms with van der Waals surface area (Å²) in [5, 5.41) is 0. The second-order valence-corrected chi connectivity index (χ2v) is 6.40. The van der Waals surface area contributed by atoms with Gasteiger partial charge >= 0.3 is 0 Å². The summed E-state index contributed by atoms with van der Waals surface area (Å²) in [6.07, 6.45) is 6.59. The normalized spacial score (nSPS) is 30.8. The molecule has 2 bridgehead atoms. The molecule has 2 aliphatic carbocycles. The number of hydrazine groups is 1. The number of hydrogen-bond donors (Lipinski definition) is 2. The summed E-state index contributed by atoms with van der Waals surface area (Å²) >= 11 is 0. The lowest BCUT2D eigenvalue weighted by Gasteiger charge is -2.26. The molecule has 1 aromatic carbocycles. The molecule has 3 N–H and O–H groups in total. The SMILES string of the molecule is Cc1ccc(C(CC2CC3CCC2C3)NN)cc1F. The molecule has 104 valence electrons. The van der Waals surface area contributed by atoms with E-state index in [1.165, 1.54) is 25.7 Å². The Bertz CT molecular complexity index is 460. The van der Waals surface area contributed by atoms with Gasteiger partial charge < -0.3 is 0 Å². The number of nitrogens with two attached hydrogens (primary N) is 1. The molecule has 3 heteroatoms. The molecule has 2 fully saturated rings. The fourth-order valence-corrected chi connectivity index (χ4v) is 4.09. The van der Waals surface area contributed by atoms with Gasteiger partial charge in [0.25, 0.3) is 0 Å². The Morgan fingerprint density at radius 2 is 2.21 bits per heavy atom. The van der Waals surface area contributed by atoms with Crippen LogP contribution in [-0.2, 0) is 0 Å². The van der Waals surface area contributed by atoms with Crippen LogP contribution in [-0.4, -0.2) is 0 Å². The molecule has 0 spiro atoms. The maximum absolute atomic E-state index is 13.7. The van der Waals surface area contributed by atoms with E-state index in [9.17, 15) is 4.39 Å². The molecule has 2 nitrogen and oxygen atoms in total. The van der Waals surface area contributed by atoms with Gasteiger partial charge in [-0.1, -0.05) is 18.6 Å². The monoisotopic (exact) mass is 262 g/mol. The number of nitrogens with one attached hydrogen (secondary N) is 1. The van der Waals surface area contributed by atoms with Crippen molar-refractivity contribution >= 4 is 0 Å². The molecule has 0 saturated heterocycles. The largest absolute Gasteiger partial charge is 0.271 e.